The van der Waals surface area contributed by atoms with Crippen molar-refractivity contribution in [1.29, 1.82) is 0 Å². The lowest BCUT2D eigenvalue weighted by Crippen LogP contribution is -2.53. The van der Waals surface area contributed by atoms with E-state index in [1.54, 1.807) is 0 Å². The van der Waals surface area contributed by atoms with E-state index in [1.807, 2.05) is 0 Å². The number of ketones is 1. The van der Waals surface area contributed by atoms with E-state index in [4.69, 9.17) is 0 Å². The Balaban J connectivity index is 1.54. The molecule has 0 N–H and O–H groups in total. The summed E-state index contributed by atoms with van der Waals surface area (Å²) in [7, 11) is 1.28. The minimum absolute atomic E-state index is 0.0172. The van der Waals surface area contributed by atoms with Crippen molar-refractivity contribution >= 4 is 23.6 Å². The third-order valence-electron chi connectivity index (χ3n) is 6.18. The molecule has 22 heavy (non-hydrogen) atoms. The average Bonchev–Trinajstić information content (AvgIpc) is 2.64. The molecule has 6 heteroatoms. The first kappa shape index (κ1) is 13.9. The highest BCUT2D eigenvalue weighted by Crippen LogP contribution is 2.60. The maximum atomic E-state index is 12.9. The van der Waals surface area contributed by atoms with Crippen LogP contribution in [0.4, 0.5) is 4.79 Å². The number of Topliss-reactive ketones (excluding diaryl/α,β-unsaturated/α-hetero) is 1. The molecule has 0 atom stereocenters. The molecule has 1 aliphatic heterocycles. The van der Waals surface area contributed by atoms with Gasteiger partial charge >= 0.3 is 17.8 Å². The van der Waals surface area contributed by atoms with Gasteiger partial charge in [0.1, 0.15) is 0 Å². The summed E-state index contributed by atoms with van der Waals surface area (Å²) in [6, 6.07) is -0.673. The van der Waals surface area contributed by atoms with Crippen LogP contribution in [0.3, 0.4) is 0 Å². The molecular formula is C16H20N2O4. The molecule has 0 aromatic carbocycles. The predicted molar refractivity (Wildman–Crippen MR) is 75.5 cm³/mol. The van der Waals surface area contributed by atoms with E-state index < -0.39 is 17.8 Å². The van der Waals surface area contributed by atoms with E-state index in [0.717, 1.165) is 29.1 Å². The molecule has 0 unspecified atom stereocenters. The molecule has 0 radical (unpaired) electrons. The van der Waals surface area contributed by atoms with Crippen molar-refractivity contribution in [2.24, 2.45) is 23.2 Å². The maximum Gasteiger partial charge on any atom is 0.334 e. The molecule has 6 nitrogen and oxygen atoms in total. The van der Waals surface area contributed by atoms with Crippen molar-refractivity contribution in [2.75, 3.05) is 13.6 Å². The molecule has 1 saturated heterocycles. The zero-order valence-corrected chi connectivity index (χ0v) is 12.7. The summed E-state index contributed by atoms with van der Waals surface area (Å²) < 4.78 is 0. The molecular weight excluding hydrogens is 284 g/mol. The number of imide groups is 2. The molecule has 118 valence electrons. The van der Waals surface area contributed by atoms with Crippen LogP contribution in [0.1, 0.15) is 38.5 Å². The van der Waals surface area contributed by atoms with Gasteiger partial charge in [0.25, 0.3) is 0 Å². The number of nitrogens with zero attached hydrogens (tertiary/aromatic N) is 2. The van der Waals surface area contributed by atoms with Crippen molar-refractivity contribution in [3.8, 4) is 0 Å². The van der Waals surface area contributed by atoms with Crippen molar-refractivity contribution in [3.05, 3.63) is 0 Å². The Kier molecular flexibility index (Phi) is 2.78. The van der Waals surface area contributed by atoms with Gasteiger partial charge in [0, 0.05) is 12.5 Å². The van der Waals surface area contributed by atoms with Crippen LogP contribution in [0.2, 0.25) is 0 Å². The Labute approximate surface area is 128 Å². The number of carbonyl (C=O) groups is 4. The van der Waals surface area contributed by atoms with Crippen molar-refractivity contribution < 1.29 is 19.2 Å². The molecule has 4 amide bonds. The van der Waals surface area contributed by atoms with Crippen LogP contribution < -0.4 is 0 Å². The Bertz CT molecular complexity index is 562. The maximum absolute atomic E-state index is 12.9. The topological polar surface area (TPSA) is 74.8 Å². The minimum atomic E-state index is -0.870. The Hall–Kier alpha value is -1.72. The van der Waals surface area contributed by atoms with E-state index in [0.29, 0.717) is 17.8 Å². The molecule has 0 aromatic rings. The SMILES string of the molecule is CN1C(=O)C(=O)N(CC(=O)C23CC4CC(CC(C4)C2)C3)C1=O. The normalized spacial score (nSPS) is 40.0. The van der Waals surface area contributed by atoms with Gasteiger partial charge in [0.15, 0.2) is 5.78 Å². The molecule has 5 rings (SSSR count). The Morgan fingerprint density at radius 2 is 1.50 bits per heavy atom. The van der Waals surface area contributed by atoms with Crippen LogP contribution in [0.25, 0.3) is 0 Å². The second kappa shape index (κ2) is 4.40. The summed E-state index contributed by atoms with van der Waals surface area (Å²) in [5.74, 6) is 0.156. The molecule has 1 heterocycles. The summed E-state index contributed by atoms with van der Waals surface area (Å²) in [5.41, 5.74) is -0.348. The fourth-order valence-electron chi connectivity index (χ4n) is 5.52. The number of carbonyl (C=O) groups excluding carboxylic acids is 4. The third kappa shape index (κ3) is 1.79. The van der Waals surface area contributed by atoms with Gasteiger partial charge in [-0.1, -0.05) is 0 Å². The molecule has 0 spiro atoms. The summed E-state index contributed by atoms with van der Waals surface area (Å²) >= 11 is 0. The van der Waals surface area contributed by atoms with Crippen LogP contribution >= 0.6 is 0 Å². The van der Waals surface area contributed by atoms with Crippen molar-refractivity contribution in [2.45, 2.75) is 38.5 Å². The van der Waals surface area contributed by atoms with Gasteiger partial charge in [0.05, 0.1) is 6.54 Å². The highest BCUT2D eigenvalue weighted by molar-refractivity contribution is 6.44. The van der Waals surface area contributed by atoms with Gasteiger partial charge in [-0.25, -0.2) is 9.69 Å². The zero-order valence-electron chi connectivity index (χ0n) is 12.7. The van der Waals surface area contributed by atoms with Gasteiger partial charge in [-0.05, 0) is 56.3 Å². The zero-order chi connectivity index (χ0) is 15.6. The summed E-state index contributed by atoms with van der Waals surface area (Å²) in [6.07, 6.45) is 6.40. The lowest BCUT2D eigenvalue weighted by atomic mass is 9.48. The number of hydrogen-bond donors (Lipinski definition) is 0. The van der Waals surface area contributed by atoms with Gasteiger partial charge in [0.2, 0.25) is 0 Å². The van der Waals surface area contributed by atoms with Crippen LogP contribution in [0.5, 0.6) is 0 Å². The lowest BCUT2D eigenvalue weighted by Gasteiger charge is -2.56. The summed E-state index contributed by atoms with van der Waals surface area (Å²) in [5, 5.41) is 0. The molecule has 5 fully saturated rings. The fraction of sp³-hybridized carbons (Fsp3) is 0.750. The Morgan fingerprint density at radius 3 is 1.91 bits per heavy atom. The number of hydrogen-bond acceptors (Lipinski definition) is 4. The second-order valence-corrected chi connectivity index (χ2v) is 7.66. The first-order chi connectivity index (χ1) is 10.4. The van der Waals surface area contributed by atoms with Crippen LogP contribution in [-0.2, 0) is 14.4 Å². The smallest absolute Gasteiger partial charge is 0.297 e. The van der Waals surface area contributed by atoms with Crippen LogP contribution in [0, 0.1) is 23.2 Å². The van der Waals surface area contributed by atoms with Gasteiger partial charge in [-0.2, -0.15) is 0 Å². The lowest BCUT2D eigenvalue weighted by molar-refractivity contribution is -0.148. The molecule has 4 bridgehead atoms. The monoisotopic (exact) mass is 304 g/mol. The second-order valence-electron chi connectivity index (χ2n) is 7.66. The predicted octanol–water partition coefficient (Wildman–Crippen LogP) is 1.19. The Morgan fingerprint density at radius 1 is 1.00 bits per heavy atom. The van der Waals surface area contributed by atoms with E-state index in [9.17, 15) is 19.2 Å². The number of likely N-dealkylation sites (N-methyl/N-ethyl adjacent to an activating group) is 1. The average molecular weight is 304 g/mol. The first-order valence-corrected chi connectivity index (χ1v) is 8.06. The van der Waals surface area contributed by atoms with E-state index in [1.165, 1.54) is 26.3 Å². The summed E-state index contributed by atoms with van der Waals surface area (Å²) in [4.78, 5) is 49.8. The van der Waals surface area contributed by atoms with Crippen molar-refractivity contribution in [1.82, 2.24) is 9.80 Å². The highest BCUT2D eigenvalue weighted by Gasteiger charge is 2.55. The van der Waals surface area contributed by atoms with Gasteiger partial charge in [-0.3, -0.25) is 19.3 Å². The fourth-order valence-corrected chi connectivity index (χ4v) is 5.52. The van der Waals surface area contributed by atoms with Crippen molar-refractivity contribution in [3.63, 3.8) is 0 Å². The van der Waals surface area contributed by atoms with Crippen LogP contribution in [0.15, 0.2) is 0 Å². The van der Waals surface area contributed by atoms with E-state index in [-0.39, 0.29) is 17.7 Å². The van der Waals surface area contributed by atoms with Crippen LogP contribution in [-0.4, -0.2) is 47.0 Å². The summed E-state index contributed by atoms with van der Waals surface area (Å²) in [6.45, 7) is -0.236. The molecule has 5 aliphatic rings. The minimum Gasteiger partial charge on any atom is -0.297 e. The first-order valence-electron chi connectivity index (χ1n) is 8.06. The van der Waals surface area contributed by atoms with E-state index in [2.05, 4.69) is 0 Å². The number of amides is 4. The van der Waals surface area contributed by atoms with Gasteiger partial charge < -0.3 is 0 Å². The standard InChI is InChI=1S/C16H20N2O4/c1-17-13(20)14(21)18(15(17)22)8-12(19)16-5-9-2-10(6-16)4-11(3-9)7-16/h9-11H,2-8H2,1H3. The quantitative estimate of drug-likeness (QED) is 0.580. The molecule has 4 saturated carbocycles. The molecule has 0 aromatic heterocycles. The number of urea groups is 1. The number of rotatable bonds is 3. The highest BCUT2D eigenvalue weighted by atomic mass is 16.2. The van der Waals surface area contributed by atoms with E-state index >= 15 is 0 Å². The largest absolute Gasteiger partial charge is 0.334 e. The molecule has 4 aliphatic carbocycles. The third-order valence-corrected chi connectivity index (χ3v) is 6.18. The van der Waals surface area contributed by atoms with Gasteiger partial charge in [-0.15, -0.1) is 0 Å².